The van der Waals surface area contributed by atoms with Gasteiger partial charge in [0.15, 0.2) is 0 Å². The number of carboxylic acids is 1. The van der Waals surface area contributed by atoms with Crippen molar-refractivity contribution in [1.29, 1.82) is 0 Å². The van der Waals surface area contributed by atoms with Gasteiger partial charge in [-0.05, 0) is 30.7 Å². The molecule has 0 atom stereocenters. The number of aromatic carboxylic acids is 1. The molecule has 0 bridgehead atoms. The van der Waals surface area contributed by atoms with Crippen LogP contribution in [0, 0.1) is 12.7 Å². The summed E-state index contributed by atoms with van der Waals surface area (Å²) in [6.45, 7) is 1.82. The second kappa shape index (κ2) is 5.24. The Bertz CT molecular complexity index is 647. The Morgan fingerprint density at radius 3 is 2.84 bits per heavy atom. The second-order valence-corrected chi connectivity index (χ2v) is 4.37. The van der Waals surface area contributed by atoms with Crippen LogP contribution in [0.3, 0.4) is 0 Å². The number of benzene rings is 1. The molecule has 0 amide bonds. The minimum absolute atomic E-state index is 0.0303. The Morgan fingerprint density at radius 1 is 1.42 bits per heavy atom. The highest BCUT2D eigenvalue weighted by molar-refractivity contribution is 6.33. The zero-order valence-electron chi connectivity index (χ0n) is 9.95. The zero-order valence-corrected chi connectivity index (χ0v) is 10.7. The molecule has 0 saturated carbocycles. The van der Waals surface area contributed by atoms with Crippen LogP contribution in [0.1, 0.15) is 15.9 Å². The van der Waals surface area contributed by atoms with E-state index in [4.69, 9.17) is 16.7 Å². The van der Waals surface area contributed by atoms with E-state index in [1.54, 1.807) is 12.1 Å². The van der Waals surface area contributed by atoms with Crippen LogP contribution in [0.2, 0.25) is 5.02 Å². The summed E-state index contributed by atoms with van der Waals surface area (Å²) in [5, 5.41) is 11.7. The summed E-state index contributed by atoms with van der Waals surface area (Å²) < 4.78 is 13.6. The SMILES string of the molecule is Cc1ccc(F)c(Nc2cc(C(=O)O)c(Cl)cn2)c1. The monoisotopic (exact) mass is 280 g/mol. The molecular formula is C13H10ClFN2O2. The summed E-state index contributed by atoms with van der Waals surface area (Å²) in [5.74, 6) is -1.40. The summed E-state index contributed by atoms with van der Waals surface area (Å²) in [7, 11) is 0. The van der Waals surface area contributed by atoms with Crippen LogP contribution in [0.15, 0.2) is 30.5 Å². The van der Waals surface area contributed by atoms with Gasteiger partial charge in [-0.15, -0.1) is 0 Å². The average molecular weight is 281 g/mol. The average Bonchev–Trinajstić information content (AvgIpc) is 2.36. The van der Waals surface area contributed by atoms with Crippen molar-refractivity contribution in [1.82, 2.24) is 4.98 Å². The molecule has 2 aromatic rings. The standard InChI is InChI=1S/C13H10ClFN2O2/c1-7-2-3-10(15)11(4-7)17-12-5-8(13(18)19)9(14)6-16-12/h2-6H,1H3,(H,16,17)(H,18,19). The van der Waals surface area contributed by atoms with Gasteiger partial charge in [0, 0.05) is 6.20 Å². The van der Waals surface area contributed by atoms with Crippen molar-refractivity contribution < 1.29 is 14.3 Å². The van der Waals surface area contributed by atoms with Crippen molar-refractivity contribution in [3.05, 3.63) is 52.4 Å². The van der Waals surface area contributed by atoms with Crippen LogP contribution in [0.5, 0.6) is 0 Å². The van der Waals surface area contributed by atoms with Crippen LogP contribution >= 0.6 is 11.6 Å². The van der Waals surface area contributed by atoms with Gasteiger partial charge in [-0.3, -0.25) is 0 Å². The normalized spacial score (nSPS) is 10.3. The first-order chi connectivity index (χ1) is 8.97. The highest BCUT2D eigenvalue weighted by Gasteiger charge is 2.11. The molecule has 1 aromatic heterocycles. The number of aromatic nitrogens is 1. The van der Waals surface area contributed by atoms with Gasteiger partial charge in [0.2, 0.25) is 0 Å². The lowest BCUT2D eigenvalue weighted by molar-refractivity contribution is 0.0697. The molecule has 0 saturated heterocycles. The van der Waals surface area contributed by atoms with Crippen molar-refractivity contribution in [3.8, 4) is 0 Å². The number of nitrogens with one attached hydrogen (secondary N) is 1. The number of hydrogen-bond donors (Lipinski definition) is 2. The van der Waals surface area contributed by atoms with Crippen molar-refractivity contribution in [2.24, 2.45) is 0 Å². The molecule has 2 N–H and O–H groups in total. The van der Waals surface area contributed by atoms with Gasteiger partial charge >= 0.3 is 5.97 Å². The molecule has 0 unspecified atom stereocenters. The van der Waals surface area contributed by atoms with Gasteiger partial charge in [0.1, 0.15) is 11.6 Å². The molecule has 0 aliphatic heterocycles. The molecule has 0 fully saturated rings. The summed E-state index contributed by atoms with van der Waals surface area (Å²) in [6.07, 6.45) is 1.21. The fourth-order valence-electron chi connectivity index (χ4n) is 1.54. The lowest BCUT2D eigenvalue weighted by Gasteiger charge is -2.09. The number of rotatable bonds is 3. The molecule has 0 aliphatic carbocycles. The Hall–Kier alpha value is -2.14. The fraction of sp³-hybridized carbons (Fsp3) is 0.0769. The second-order valence-electron chi connectivity index (χ2n) is 3.96. The molecule has 0 radical (unpaired) electrons. The Morgan fingerprint density at radius 2 is 2.16 bits per heavy atom. The summed E-state index contributed by atoms with van der Waals surface area (Å²) in [6, 6.07) is 5.82. The number of aryl methyl sites for hydroxylation is 1. The molecular weight excluding hydrogens is 271 g/mol. The van der Waals surface area contributed by atoms with Crippen molar-refractivity contribution in [2.45, 2.75) is 6.92 Å². The van der Waals surface area contributed by atoms with E-state index in [9.17, 15) is 9.18 Å². The minimum Gasteiger partial charge on any atom is -0.478 e. The Kier molecular flexibility index (Phi) is 3.66. The van der Waals surface area contributed by atoms with Gasteiger partial charge in [0.05, 0.1) is 16.3 Å². The van der Waals surface area contributed by atoms with Gasteiger partial charge < -0.3 is 10.4 Å². The highest BCUT2D eigenvalue weighted by atomic mass is 35.5. The van der Waals surface area contributed by atoms with Gasteiger partial charge in [-0.1, -0.05) is 17.7 Å². The number of pyridine rings is 1. The van der Waals surface area contributed by atoms with Crippen molar-refractivity contribution in [2.75, 3.05) is 5.32 Å². The fourth-order valence-corrected chi connectivity index (χ4v) is 1.73. The van der Waals surface area contributed by atoms with E-state index in [2.05, 4.69) is 10.3 Å². The molecule has 19 heavy (non-hydrogen) atoms. The number of anilines is 2. The number of hydrogen-bond acceptors (Lipinski definition) is 3. The van der Waals surface area contributed by atoms with Crippen LogP contribution in [-0.4, -0.2) is 16.1 Å². The smallest absolute Gasteiger partial charge is 0.337 e. The number of carboxylic acid groups (broad SMARTS) is 1. The number of nitrogens with zero attached hydrogens (tertiary/aromatic N) is 1. The number of carbonyl (C=O) groups is 1. The topological polar surface area (TPSA) is 62.2 Å². The third kappa shape index (κ3) is 3.00. The van der Waals surface area contributed by atoms with Gasteiger partial charge in [-0.2, -0.15) is 0 Å². The first kappa shape index (κ1) is 13.3. The van der Waals surface area contributed by atoms with Gasteiger partial charge in [-0.25, -0.2) is 14.2 Å². The molecule has 4 nitrogen and oxygen atoms in total. The predicted octanol–water partition coefficient (Wildman–Crippen LogP) is 3.62. The summed E-state index contributed by atoms with van der Waals surface area (Å²) in [4.78, 5) is 14.8. The van der Waals surface area contributed by atoms with Gasteiger partial charge in [0.25, 0.3) is 0 Å². The van der Waals surface area contributed by atoms with Crippen LogP contribution < -0.4 is 5.32 Å². The van der Waals surface area contributed by atoms with Crippen molar-refractivity contribution in [3.63, 3.8) is 0 Å². The van der Waals surface area contributed by atoms with E-state index >= 15 is 0 Å². The molecule has 0 spiro atoms. The van der Waals surface area contributed by atoms with Crippen LogP contribution in [0.4, 0.5) is 15.9 Å². The molecule has 1 heterocycles. The maximum atomic E-state index is 13.6. The van der Waals surface area contributed by atoms with E-state index in [0.29, 0.717) is 0 Å². The summed E-state index contributed by atoms with van der Waals surface area (Å²) in [5.41, 5.74) is 1.01. The van der Waals surface area contributed by atoms with E-state index in [1.165, 1.54) is 18.3 Å². The third-order valence-corrected chi connectivity index (χ3v) is 2.77. The number of halogens is 2. The Balaban J connectivity index is 2.36. The maximum Gasteiger partial charge on any atom is 0.337 e. The lowest BCUT2D eigenvalue weighted by Crippen LogP contribution is -2.02. The first-order valence-electron chi connectivity index (χ1n) is 5.39. The highest BCUT2D eigenvalue weighted by Crippen LogP contribution is 2.23. The van der Waals surface area contributed by atoms with E-state index in [0.717, 1.165) is 5.56 Å². The van der Waals surface area contributed by atoms with E-state index in [-0.39, 0.29) is 22.1 Å². The molecule has 6 heteroatoms. The third-order valence-electron chi connectivity index (χ3n) is 2.47. The van der Waals surface area contributed by atoms with E-state index in [1.807, 2.05) is 6.92 Å². The predicted molar refractivity (Wildman–Crippen MR) is 70.6 cm³/mol. The summed E-state index contributed by atoms with van der Waals surface area (Å²) >= 11 is 5.71. The molecule has 2 rings (SSSR count). The molecule has 0 aliphatic rings. The van der Waals surface area contributed by atoms with Crippen LogP contribution in [0.25, 0.3) is 0 Å². The zero-order chi connectivity index (χ0) is 14.0. The lowest BCUT2D eigenvalue weighted by atomic mass is 10.2. The minimum atomic E-state index is -1.17. The Labute approximate surface area is 113 Å². The van der Waals surface area contributed by atoms with Crippen molar-refractivity contribution >= 4 is 29.1 Å². The maximum absolute atomic E-state index is 13.6. The first-order valence-corrected chi connectivity index (χ1v) is 5.77. The molecule has 98 valence electrons. The quantitative estimate of drug-likeness (QED) is 0.901. The largest absolute Gasteiger partial charge is 0.478 e. The van der Waals surface area contributed by atoms with E-state index < -0.39 is 11.8 Å². The molecule has 1 aromatic carbocycles. The van der Waals surface area contributed by atoms with Crippen LogP contribution in [-0.2, 0) is 0 Å².